The number of pyridine rings is 1. The Hall–Kier alpha value is -2.29. The van der Waals surface area contributed by atoms with Crippen LogP contribution in [-0.2, 0) is 0 Å². The number of hydrogen-bond donors (Lipinski definition) is 0. The third-order valence-electron chi connectivity index (χ3n) is 2.76. The third-order valence-corrected chi connectivity index (χ3v) is 2.76. The largest absolute Gasteiger partial charge is 0.481 e. The van der Waals surface area contributed by atoms with Crippen molar-refractivity contribution in [2.75, 3.05) is 7.11 Å². The van der Waals surface area contributed by atoms with Crippen molar-refractivity contribution in [1.29, 1.82) is 0 Å². The van der Waals surface area contributed by atoms with Gasteiger partial charge in [0.15, 0.2) is 0 Å². The van der Waals surface area contributed by atoms with E-state index in [4.69, 9.17) is 4.74 Å². The minimum Gasteiger partial charge on any atom is -0.481 e. The summed E-state index contributed by atoms with van der Waals surface area (Å²) >= 11 is 0. The number of nitrogens with zero attached hydrogens (tertiary/aromatic N) is 2. The van der Waals surface area contributed by atoms with Crippen molar-refractivity contribution in [3.05, 3.63) is 54.7 Å². The van der Waals surface area contributed by atoms with E-state index in [9.17, 15) is 0 Å². The van der Waals surface area contributed by atoms with Crippen LogP contribution in [-0.4, -0.2) is 16.7 Å². The topological polar surface area (TPSA) is 27.1 Å². The summed E-state index contributed by atoms with van der Waals surface area (Å²) in [5.74, 6) is 1.49. The molecule has 2 heterocycles. The summed E-state index contributed by atoms with van der Waals surface area (Å²) in [6, 6.07) is 16.1. The van der Waals surface area contributed by atoms with E-state index in [2.05, 4.69) is 27.8 Å². The highest BCUT2D eigenvalue weighted by molar-refractivity contribution is 5.81. The molecule has 17 heavy (non-hydrogen) atoms. The Bertz CT molecular complexity index is 658. The molecule has 0 radical (unpaired) electrons. The highest BCUT2D eigenvalue weighted by atomic mass is 16.5. The van der Waals surface area contributed by atoms with Gasteiger partial charge in [0.05, 0.1) is 12.6 Å². The molecule has 1 aromatic carbocycles. The maximum atomic E-state index is 5.14. The van der Waals surface area contributed by atoms with E-state index in [1.165, 1.54) is 5.39 Å². The van der Waals surface area contributed by atoms with E-state index in [1.54, 1.807) is 7.11 Å². The lowest BCUT2D eigenvalue weighted by molar-refractivity contribution is 0.397. The highest BCUT2D eigenvalue weighted by Crippen LogP contribution is 2.20. The van der Waals surface area contributed by atoms with Gasteiger partial charge in [-0.3, -0.25) is 0 Å². The lowest BCUT2D eigenvalue weighted by Gasteiger charge is -2.05. The number of fused-ring (bicyclic) bond motifs is 1. The fourth-order valence-corrected chi connectivity index (χ4v) is 1.93. The Morgan fingerprint density at radius 1 is 1.00 bits per heavy atom. The predicted molar refractivity (Wildman–Crippen MR) is 67.6 cm³/mol. The molecule has 0 aliphatic carbocycles. The van der Waals surface area contributed by atoms with Crippen molar-refractivity contribution >= 4 is 10.9 Å². The number of aromatic nitrogens is 2. The molecule has 0 fully saturated rings. The average Bonchev–Trinajstić information content (AvgIpc) is 2.82. The molecule has 0 saturated heterocycles. The molecule has 0 unspecified atom stereocenters. The van der Waals surface area contributed by atoms with Gasteiger partial charge in [-0.15, -0.1) is 0 Å². The standard InChI is InChI=1S/C14H12N2O/c1-17-14-8-4-7-13(15-14)16-10-9-11-5-2-3-6-12(11)16/h2-10H,1H3. The molecule has 0 amide bonds. The lowest BCUT2D eigenvalue weighted by Crippen LogP contribution is -1.97. The van der Waals surface area contributed by atoms with Crippen LogP contribution in [0.25, 0.3) is 16.7 Å². The fourth-order valence-electron chi connectivity index (χ4n) is 1.93. The van der Waals surface area contributed by atoms with Crippen LogP contribution in [0.4, 0.5) is 0 Å². The maximum Gasteiger partial charge on any atom is 0.214 e. The van der Waals surface area contributed by atoms with Crippen LogP contribution in [0.5, 0.6) is 5.88 Å². The van der Waals surface area contributed by atoms with E-state index in [1.807, 2.05) is 36.5 Å². The predicted octanol–water partition coefficient (Wildman–Crippen LogP) is 3.03. The summed E-state index contributed by atoms with van der Waals surface area (Å²) in [4.78, 5) is 4.42. The Kier molecular flexibility index (Phi) is 2.29. The molecule has 0 spiro atoms. The first kappa shape index (κ1) is 9.90. The summed E-state index contributed by atoms with van der Waals surface area (Å²) in [5.41, 5.74) is 1.15. The summed E-state index contributed by atoms with van der Waals surface area (Å²) in [6.45, 7) is 0. The van der Waals surface area contributed by atoms with E-state index < -0.39 is 0 Å². The van der Waals surface area contributed by atoms with Crippen molar-refractivity contribution in [2.24, 2.45) is 0 Å². The van der Waals surface area contributed by atoms with Crippen molar-refractivity contribution in [2.45, 2.75) is 0 Å². The molecule has 0 aliphatic heterocycles. The number of methoxy groups -OCH3 is 1. The first-order valence-electron chi connectivity index (χ1n) is 5.46. The fraction of sp³-hybridized carbons (Fsp3) is 0.0714. The number of para-hydroxylation sites is 1. The molecular formula is C14H12N2O. The van der Waals surface area contributed by atoms with Crippen molar-refractivity contribution in [3.63, 3.8) is 0 Å². The molecule has 0 N–H and O–H groups in total. The van der Waals surface area contributed by atoms with Crippen molar-refractivity contribution in [1.82, 2.24) is 9.55 Å². The second-order valence-corrected chi connectivity index (χ2v) is 3.78. The normalized spacial score (nSPS) is 10.6. The number of ether oxygens (including phenoxy) is 1. The van der Waals surface area contributed by atoms with Gasteiger partial charge in [-0.2, -0.15) is 4.98 Å². The van der Waals surface area contributed by atoms with Crippen molar-refractivity contribution < 1.29 is 4.74 Å². The zero-order valence-electron chi connectivity index (χ0n) is 9.50. The van der Waals surface area contributed by atoms with E-state index in [0.717, 1.165) is 11.3 Å². The van der Waals surface area contributed by atoms with Gasteiger partial charge < -0.3 is 9.30 Å². The van der Waals surface area contributed by atoms with Gasteiger partial charge in [0.1, 0.15) is 5.82 Å². The molecule has 3 aromatic rings. The van der Waals surface area contributed by atoms with Crippen LogP contribution in [0.15, 0.2) is 54.7 Å². The quantitative estimate of drug-likeness (QED) is 0.669. The van der Waals surface area contributed by atoms with Crippen LogP contribution < -0.4 is 4.74 Å². The summed E-state index contributed by atoms with van der Waals surface area (Å²) in [5, 5.41) is 1.21. The lowest BCUT2D eigenvalue weighted by atomic mass is 10.2. The average molecular weight is 224 g/mol. The smallest absolute Gasteiger partial charge is 0.214 e. The third kappa shape index (κ3) is 1.65. The van der Waals surface area contributed by atoms with E-state index >= 15 is 0 Å². The van der Waals surface area contributed by atoms with Crippen LogP contribution in [0, 0.1) is 0 Å². The summed E-state index contributed by atoms with van der Waals surface area (Å²) < 4.78 is 7.19. The Morgan fingerprint density at radius 3 is 2.76 bits per heavy atom. The monoisotopic (exact) mass is 224 g/mol. The van der Waals surface area contributed by atoms with Gasteiger partial charge in [-0.1, -0.05) is 24.3 Å². The van der Waals surface area contributed by atoms with Gasteiger partial charge in [0.2, 0.25) is 5.88 Å². The molecule has 0 bridgehead atoms. The van der Waals surface area contributed by atoms with Gasteiger partial charge in [-0.25, -0.2) is 0 Å². The van der Waals surface area contributed by atoms with E-state index in [0.29, 0.717) is 5.88 Å². The molecular weight excluding hydrogens is 212 g/mol. The van der Waals surface area contributed by atoms with Gasteiger partial charge >= 0.3 is 0 Å². The molecule has 3 nitrogen and oxygen atoms in total. The SMILES string of the molecule is COc1cccc(-n2ccc3ccccc32)n1. The Balaban J connectivity index is 2.20. The van der Waals surface area contributed by atoms with Gasteiger partial charge in [0, 0.05) is 12.3 Å². The Morgan fingerprint density at radius 2 is 1.88 bits per heavy atom. The second kappa shape index (κ2) is 3.94. The first-order valence-corrected chi connectivity index (χ1v) is 5.46. The van der Waals surface area contributed by atoms with Crippen LogP contribution in [0.3, 0.4) is 0 Å². The van der Waals surface area contributed by atoms with Crippen LogP contribution in [0.1, 0.15) is 0 Å². The van der Waals surface area contributed by atoms with Gasteiger partial charge in [0.25, 0.3) is 0 Å². The summed E-state index contributed by atoms with van der Waals surface area (Å²) in [6.07, 6.45) is 2.02. The van der Waals surface area contributed by atoms with Crippen molar-refractivity contribution in [3.8, 4) is 11.7 Å². The zero-order chi connectivity index (χ0) is 11.7. The molecule has 3 rings (SSSR count). The minimum absolute atomic E-state index is 0.625. The molecule has 3 heteroatoms. The first-order chi connectivity index (χ1) is 8.38. The number of benzene rings is 1. The second-order valence-electron chi connectivity index (χ2n) is 3.78. The van der Waals surface area contributed by atoms with Crippen LogP contribution in [0.2, 0.25) is 0 Å². The maximum absolute atomic E-state index is 5.14. The molecule has 0 aliphatic rings. The zero-order valence-corrected chi connectivity index (χ0v) is 9.50. The minimum atomic E-state index is 0.625. The van der Waals surface area contributed by atoms with E-state index in [-0.39, 0.29) is 0 Å². The molecule has 84 valence electrons. The van der Waals surface area contributed by atoms with Crippen LogP contribution >= 0.6 is 0 Å². The highest BCUT2D eigenvalue weighted by Gasteiger charge is 2.04. The molecule has 0 saturated carbocycles. The molecule has 2 aromatic heterocycles. The van der Waals surface area contributed by atoms with Gasteiger partial charge in [-0.05, 0) is 23.6 Å². The number of rotatable bonds is 2. The summed E-state index contributed by atoms with van der Waals surface area (Å²) in [7, 11) is 1.62. The number of hydrogen-bond acceptors (Lipinski definition) is 2. The Labute approximate surface area is 99.3 Å². The molecule has 0 atom stereocenters.